The van der Waals surface area contributed by atoms with Gasteiger partial charge in [0.15, 0.2) is 5.78 Å². The first-order valence-electron chi connectivity index (χ1n) is 7.28. The van der Waals surface area contributed by atoms with Crippen molar-refractivity contribution in [1.29, 1.82) is 0 Å². The maximum Gasteiger partial charge on any atom is 0.244 e. The van der Waals surface area contributed by atoms with E-state index in [9.17, 15) is 9.59 Å². The van der Waals surface area contributed by atoms with Crippen molar-refractivity contribution in [2.24, 2.45) is 11.8 Å². The summed E-state index contributed by atoms with van der Waals surface area (Å²) in [6.07, 6.45) is 3.66. The number of piperazine rings is 1. The van der Waals surface area contributed by atoms with Crippen LogP contribution in [-0.4, -0.2) is 47.6 Å². The summed E-state index contributed by atoms with van der Waals surface area (Å²) in [5.74, 6) is 4.94. The van der Waals surface area contributed by atoms with Gasteiger partial charge in [-0.2, -0.15) is 0 Å². The normalized spacial score (nSPS) is 21.4. The first-order valence-corrected chi connectivity index (χ1v) is 7.28. The van der Waals surface area contributed by atoms with Crippen molar-refractivity contribution in [2.45, 2.75) is 45.1 Å². The van der Waals surface area contributed by atoms with E-state index in [0.29, 0.717) is 19.5 Å². The van der Waals surface area contributed by atoms with E-state index >= 15 is 0 Å². The second kappa shape index (κ2) is 9.02. The molecule has 20 heavy (non-hydrogen) atoms. The number of hydroxylamine groups is 1. The number of hydrogen-bond acceptors (Lipinski definition) is 6. The second-order valence-electron chi connectivity index (χ2n) is 5.29. The molecule has 1 fully saturated rings. The van der Waals surface area contributed by atoms with Gasteiger partial charge in [-0.25, -0.2) is 10.5 Å². The van der Waals surface area contributed by atoms with Crippen molar-refractivity contribution in [2.75, 3.05) is 19.6 Å². The molecule has 1 aliphatic heterocycles. The molecule has 0 radical (unpaired) electrons. The third kappa shape index (κ3) is 5.16. The van der Waals surface area contributed by atoms with Gasteiger partial charge in [0.05, 0.1) is 6.04 Å². The lowest BCUT2D eigenvalue weighted by molar-refractivity contribution is -0.136. The van der Waals surface area contributed by atoms with Gasteiger partial charge in [-0.1, -0.05) is 26.2 Å². The minimum absolute atomic E-state index is 0.0144. The summed E-state index contributed by atoms with van der Waals surface area (Å²) in [6, 6.07) is -0.387. The fourth-order valence-corrected chi connectivity index (χ4v) is 2.51. The molecule has 7 nitrogen and oxygen atoms in total. The molecular formula is C13H26N4O3. The van der Waals surface area contributed by atoms with E-state index in [2.05, 4.69) is 12.2 Å². The fraction of sp³-hybridized carbons (Fsp3) is 0.846. The molecule has 7 heteroatoms. The number of hydrogen-bond donors (Lipinski definition) is 4. The lowest BCUT2D eigenvalue weighted by Crippen LogP contribution is -2.59. The van der Waals surface area contributed by atoms with Gasteiger partial charge in [0.1, 0.15) is 0 Å². The maximum atomic E-state index is 12.5. The molecule has 0 aromatic rings. The summed E-state index contributed by atoms with van der Waals surface area (Å²) >= 11 is 0. The molecule has 5 N–H and O–H groups in total. The van der Waals surface area contributed by atoms with Gasteiger partial charge in [-0.05, 0) is 6.42 Å². The van der Waals surface area contributed by atoms with E-state index in [1.165, 1.54) is 0 Å². The van der Waals surface area contributed by atoms with Crippen LogP contribution >= 0.6 is 0 Å². The molecule has 2 atom stereocenters. The lowest BCUT2D eigenvalue weighted by atomic mass is 9.88. The first kappa shape index (κ1) is 17.0. The molecular weight excluding hydrogens is 260 g/mol. The molecule has 0 aromatic carbocycles. The molecule has 0 aromatic heterocycles. The number of nitrogens with two attached hydrogens (primary N) is 1. The lowest BCUT2D eigenvalue weighted by Gasteiger charge is -2.33. The highest BCUT2D eigenvalue weighted by Crippen LogP contribution is 2.18. The third-order valence-electron chi connectivity index (χ3n) is 3.73. The smallest absolute Gasteiger partial charge is 0.244 e. The molecule has 1 heterocycles. The zero-order valence-corrected chi connectivity index (χ0v) is 12.1. The van der Waals surface area contributed by atoms with Gasteiger partial charge >= 0.3 is 0 Å². The second-order valence-corrected chi connectivity index (χ2v) is 5.29. The van der Waals surface area contributed by atoms with Crippen LogP contribution in [0.4, 0.5) is 0 Å². The highest BCUT2D eigenvalue weighted by atomic mass is 16.5. The van der Waals surface area contributed by atoms with E-state index in [1.807, 2.05) is 0 Å². The zero-order chi connectivity index (χ0) is 15.0. The topological polar surface area (TPSA) is 108 Å². The van der Waals surface area contributed by atoms with Crippen LogP contribution in [0.15, 0.2) is 0 Å². The van der Waals surface area contributed by atoms with Gasteiger partial charge < -0.3 is 5.32 Å². The van der Waals surface area contributed by atoms with Crippen LogP contribution in [0.5, 0.6) is 0 Å². The van der Waals surface area contributed by atoms with E-state index in [1.54, 1.807) is 10.5 Å². The summed E-state index contributed by atoms with van der Waals surface area (Å²) in [5.41, 5.74) is 1.60. The maximum absolute atomic E-state index is 12.5. The Hall–Kier alpha value is -1.02. The standard InChI is InChI=1S/C13H26N4O3/c1-2-3-4-5-10(8-12(18)16-20)13(19)11-9-15-6-7-17(11)14/h10-11,15,20H,2-9,14H2,1H3,(H,16,18)/t10-,11+/m1/s1. The number of hydrazine groups is 1. The summed E-state index contributed by atoms with van der Waals surface area (Å²) in [4.78, 5) is 23.9. The summed E-state index contributed by atoms with van der Waals surface area (Å²) < 4.78 is 0. The van der Waals surface area contributed by atoms with Crippen molar-refractivity contribution in [3.63, 3.8) is 0 Å². The van der Waals surface area contributed by atoms with Crippen molar-refractivity contribution in [3.05, 3.63) is 0 Å². The SMILES string of the molecule is CCCCC[C@H](CC(=O)NO)C(=O)[C@@H]1CNCCN1N. The number of nitrogens with zero attached hydrogens (tertiary/aromatic N) is 1. The highest BCUT2D eigenvalue weighted by Gasteiger charge is 2.32. The fourth-order valence-electron chi connectivity index (χ4n) is 2.51. The number of amides is 1. The molecule has 0 aliphatic carbocycles. The van der Waals surface area contributed by atoms with Crippen LogP contribution in [0.3, 0.4) is 0 Å². The van der Waals surface area contributed by atoms with E-state index in [-0.39, 0.29) is 24.2 Å². The molecule has 0 bridgehead atoms. The zero-order valence-electron chi connectivity index (χ0n) is 12.1. The molecule has 0 spiro atoms. The number of nitrogens with one attached hydrogen (secondary N) is 2. The van der Waals surface area contributed by atoms with Gasteiger partial charge in [-0.15, -0.1) is 0 Å². The van der Waals surface area contributed by atoms with Crippen LogP contribution in [-0.2, 0) is 9.59 Å². The highest BCUT2D eigenvalue weighted by molar-refractivity contribution is 5.90. The Balaban J connectivity index is 2.63. The predicted octanol–water partition coefficient (Wildman–Crippen LogP) is -0.205. The average molecular weight is 286 g/mol. The molecule has 1 rings (SSSR count). The minimum atomic E-state index is -0.521. The summed E-state index contributed by atoms with van der Waals surface area (Å²) in [6.45, 7) is 3.98. The van der Waals surface area contributed by atoms with Crippen LogP contribution in [0.25, 0.3) is 0 Å². The number of carbonyl (C=O) groups excluding carboxylic acids is 2. The Morgan fingerprint density at radius 3 is 2.85 bits per heavy atom. The van der Waals surface area contributed by atoms with Gasteiger partial charge in [0.2, 0.25) is 5.91 Å². The Labute approximate surface area is 119 Å². The van der Waals surface area contributed by atoms with Gasteiger partial charge in [0, 0.05) is 32.0 Å². The predicted molar refractivity (Wildman–Crippen MR) is 74.7 cm³/mol. The molecule has 0 saturated carbocycles. The van der Waals surface area contributed by atoms with Crippen LogP contribution in [0.1, 0.15) is 39.0 Å². The van der Waals surface area contributed by atoms with Crippen molar-refractivity contribution in [1.82, 2.24) is 15.8 Å². The molecule has 0 unspecified atom stereocenters. The first-order chi connectivity index (χ1) is 9.60. The minimum Gasteiger partial charge on any atom is -0.313 e. The Morgan fingerprint density at radius 1 is 1.50 bits per heavy atom. The molecule has 1 aliphatic rings. The quantitative estimate of drug-likeness (QED) is 0.213. The number of unbranched alkanes of at least 4 members (excludes halogenated alkanes) is 2. The molecule has 116 valence electrons. The van der Waals surface area contributed by atoms with Crippen LogP contribution in [0.2, 0.25) is 0 Å². The molecule has 1 amide bonds. The van der Waals surface area contributed by atoms with E-state index in [4.69, 9.17) is 11.0 Å². The van der Waals surface area contributed by atoms with E-state index < -0.39 is 5.91 Å². The number of Topliss-reactive ketones (excluding diaryl/α,β-unsaturated/α-hetero) is 1. The largest absolute Gasteiger partial charge is 0.313 e. The third-order valence-corrected chi connectivity index (χ3v) is 3.73. The summed E-state index contributed by atoms with van der Waals surface area (Å²) in [5, 5.41) is 13.3. The van der Waals surface area contributed by atoms with Crippen molar-refractivity contribution in [3.8, 4) is 0 Å². The Morgan fingerprint density at radius 2 is 2.25 bits per heavy atom. The monoisotopic (exact) mass is 286 g/mol. The van der Waals surface area contributed by atoms with Crippen LogP contribution in [0, 0.1) is 5.92 Å². The van der Waals surface area contributed by atoms with Crippen molar-refractivity contribution < 1.29 is 14.8 Å². The van der Waals surface area contributed by atoms with E-state index in [0.717, 1.165) is 25.8 Å². The average Bonchev–Trinajstić information content (AvgIpc) is 2.46. The molecule has 1 saturated heterocycles. The number of rotatable bonds is 8. The number of carbonyl (C=O) groups is 2. The number of ketones is 1. The summed E-state index contributed by atoms with van der Waals surface area (Å²) in [7, 11) is 0. The Bertz CT molecular complexity index is 325. The Kier molecular flexibility index (Phi) is 7.68. The van der Waals surface area contributed by atoms with Gasteiger partial charge in [0.25, 0.3) is 0 Å². The van der Waals surface area contributed by atoms with Gasteiger partial charge in [-0.3, -0.25) is 20.6 Å². The van der Waals surface area contributed by atoms with Crippen LogP contribution < -0.4 is 16.6 Å². The van der Waals surface area contributed by atoms with Crippen molar-refractivity contribution >= 4 is 11.7 Å².